The molecule has 0 saturated carbocycles. The van der Waals surface area contributed by atoms with Gasteiger partial charge in [0.2, 0.25) is 0 Å². The largest absolute Gasteiger partial charge is 0.350 e. The van der Waals surface area contributed by atoms with Crippen molar-refractivity contribution in [1.82, 2.24) is 20.1 Å². The van der Waals surface area contributed by atoms with E-state index in [-0.39, 0.29) is 11.3 Å². The lowest BCUT2D eigenvalue weighted by molar-refractivity contribution is -0.117. The zero-order valence-electron chi connectivity index (χ0n) is 17.3. The predicted molar refractivity (Wildman–Crippen MR) is 116 cm³/mol. The molecule has 0 aliphatic rings. The summed E-state index contributed by atoms with van der Waals surface area (Å²) in [7, 11) is 5.71. The molecule has 6 nitrogen and oxygen atoms in total. The molecule has 3 rings (SSSR count). The quantitative estimate of drug-likeness (QED) is 0.591. The first-order chi connectivity index (χ1) is 14.4. The van der Waals surface area contributed by atoms with Crippen molar-refractivity contribution in [1.29, 1.82) is 0 Å². The highest BCUT2D eigenvalue weighted by Crippen LogP contribution is 2.22. The molecule has 2 aromatic carbocycles. The number of rotatable bonds is 7. The maximum absolute atomic E-state index is 14.0. The first kappa shape index (κ1) is 21.3. The van der Waals surface area contributed by atoms with E-state index in [1.54, 1.807) is 12.1 Å². The summed E-state index contributed by atoms with van der Waals surface area (Å²) in [5.41, 5.74) is 1.71. The van der Waals surface area contributed by atoms with Gasteiger partial charge in [-0.2, -0.15) is 0 Å². The second-order valence-electron chi connectivity index (χ2n) is 7.26. The van der Waals surface area contributed by atoms with Crippen molar-refractivity contribution in [2.24, 2.45) is 7.05 Å². The Bertz CT molecular complexity index is 1100. The molecular formula is C23H25FN4O2. The minimum absolute atomic E-state index is 0.0540. The summed E-state index contributed by atoms with van der Waals surface area (Å²) < 4.78 is 16.0. The second-order valence-corrected chi connectivity index (χ2v) is 7.26. The molecule has 2 amide bonds. The molecule has 3 aromatic rings. The van der Waals surface area contributed by atoms with Crippen molar-refractivity contribution in [2.75, 3.05) is 27.2 Å². The van der Waals surface area contributed by atoms with E-state index in [4.69, 9.17) is 0 Å². The minimum Gasteiger partial charge on any atom is -0.350 e. The lowest BCUT2D eigenvalue weighted by atomic mass is 10.1. The number of likely N-dealkylation sites (N-methyl/N-ethyl adjacent to an activating group) is 1. The summed E-state index contributed by atoms with van der Waals surface area (Å²) in [4.78, 5) is 27.4. The fraction of sp³-hybridized carbons (Fsp3) is 0.217. The topological polar surface area (TPSA) is 66.4 Å². The van der Waals surface area contributed by atoms with Crippen LogP contribution < -0.4 is 10.6 Å². The van der Waals surface area contributed by atoms with Gasteiger partial charge in [-0.3, -0.25) is 9.59 Å². The van der Waals surface area contributed by atoms with Gasteiger partial charge in [0.25, 0.3) is 11.8 Å². The number of amides is 2. The Morgan fingerprint density at radius 3 is 2.53 bits per heavy atom. The molecule has 0 fully saturated rings. The summed E-state index contributed by atoms with van der Waals surface area (Å²) in [6, 6.07) is 13.4. The standard InChI is InChI=1S/C23H25FN4O2/c1-27(2)13-12-25-23(30)20(26-22(29)18-9-4-6-10-19(18)24)14-16-15-28(3)21-11-7-5-8-17(16)21/h4-11,14-15H,12-13H2,1-3H3,(H,25,30)(H,26,29)/b20-14-. The fourth-order valence-electron chi connectivity index (χ4n) is 3.13. The van der Waals surface area contributed by atoms with Crippen LogP contribution in [-0.2, 0) is 11.8 Å². The number of benzene rings is 2. The highest BCUT2D eigenvalue weighted by atomic mass is 19.1. The van der Waals surface area contributed by atoms with E-state index in [1.165, 1.54) is 18.2 Å². The summed E-state index contributed by atoms with van der Waals surface area (Å²) in [6.07, 6.45) is 3.50. The van der Waals surface area contributed by atoms with E-state index in [1.807, 2.05) is 61.1 Å². The van der Waals surface area contributed by atoms with Crippen molar-refractivity contribution in [2.45, 2.75) is 0 Å². The number of aromatic nitrogens is 1. The van der Waals surface area contributed by atoms with E-state index in [9.17, 15) is 14.0 Å². The number of nitrogens with zero attached hydrogens (tertiary/aromatic N) is 2. The predicted octanol–water partition coefficient (Wildman–Crippen LogP) is 2.77. The van der Waals surface area contributed by atoms with Crippen LogP contribution in [0.4, 0.5) is 4.39 Å². The molecule has 0 radical (unpaired) electrons. The Hall–Kier alpha value is -3.45. The molecule has 0 bridgehead atoms. The summed E-state index contributed by atoms with van der Waals surface area (Å²) in [5.74, 6) is -1.76. The zero-order valence-corrected chi connectivity index (χ0v) is 17.3. The Morgan fingerprint density at radius 2 is 1.80 bits per heavy atom. The van der Waals surface area contributed by atoms with Gasteiger partial charge < -0.3 is 20.1 Å². The van der Waals surface area contributed by atoms with Gasteiger partial charge in [-0.25, -0.2) is 4.39 Å². The van der Waals surface area contributed by atoms with Gasteiger partial charge in [0.15, 0.2) is 0 Å². The number of para-hydroxylation sites is 1. The van der Waals surface area contributed by atoms with Gasteiger partial charge in [0.1, 0.15) is 11.5 Å². The highest BCUT2D eigenvalue weighted by Gasteiger charge is 2.18. The number of hydrogen-bond donors (Lipinski definition) is 2. The Balaban J connectivity index is 1.94. The molecule has 0 unspecified atom stereocenters. The monoisotopic (exact) mass is 408 g/mol. The van der Waals surface area contributed by atoms with Crippen molar-refractivity contribution in [3.05, 3.63) is 77.4 Å². The molecule has 0 aliphatic heterocycles. The average Bonchev–Trinajstić information content (AvgIpc) is 3.03. The molecule has 30 heavy (non-hydrogen) atoms. The number of hydrogen-bond acceptors (Lipinski definition) is 3. The van der Waals surface area contributed by atoms with E-state index in [2.05, 4.69) is 10.6 Å². The highest BCUT2D eigenvalue weighted by molar-refractivity contribution is 6.06. The number of carbonyl (C=O) groups excluding carboxylic acids is 2. The molecular weight excluding hydrogens is 383 g/mol. The molecule has 2 N–H and O–H groups in total. The molecule has 156 valence electrons. The minimum atomic E-state index is -0.678. The van der Waals surface area contributed by atoms with Crippen LogP contribution in [0.25, 0.3) is 17.0 Å². The van der Waals surface area contributed by atoms with Gasteiger partial charge in [-0.15, -0.1) is 0 Å². The number of halogens is 1. The lowest BCUT2D eigenvalue weighted by Crippen LogP contribution is -2.38. The van der Waals surface area contributed by atoms with E-state index >= 15 is 0 Å². The smallest absolute Gasteiger partial charge is 0.267 e. The molecule has 1 heterocycles. The average molecular weight is 408 g/mol. The van der Waals surface area contributed by atoms with Crippen LogP contribution in [0.1, 0.15) is 15.9 Å². The molecule has 0 aliphatic carbocycles. The van der Waals surface area contributed by atoms with Gasteiger partial charge in [-0.1, -0.05) is 30.3 Å². The van der Waals surface area contributed by atoms with Crippen molar-refractivity contribution < 1.29 is 14.0 Å². The summed E-state index contributed by atoms with van der Waals surface area (Å²) in [6.45, 7) is 1.06. The van der Waals surface area contributed by atoms with Crippen LogP contribution in [0.5, 0.6) is 0 Å². The molecule has 0 atom stereocenters. The van der Waals surface area contributed by atoms with Crippen molar-refractivity contribution in [3.63, 3.8) is 0 Å². The first-order valence-electron chi connectivity index (χ1n) is 9.61. The second kappa shape index (κ2) is 9.37. The number of aryl methyl sites for hydroxylation is 1. The third-order valence-corrected chi connectivity index (χ3v) is 4.68. The number of nitrogens with one attached hydrogen (secondary N) is 2. The maximum atomic E-state index is 14.0. The van der Waals surface area contributed by atoms with Crippen LogP contribution in [0.15, 0.2) is 60.4 Å². The number of fused-ring (bicyclic) bond motifs is 1. The van der Waals surface area contributed by atoms with E-state index in [0.29, 0.717) is 13.1 Å². The Morgan fingerprint density at radius 1 is 1.10 bits per heavy atom. The third kappa shape index (κ3) is 4.93. The molecule has 0 spiro atoms. The van der Waals surface area contributed by atoms with Crippen molar-refractivity contribution in [3.8, 4) is 0 Å². The molecule has 0 saturated heterocycles. The third-order valence-electron chi connectivity index (χ3n) is 4.68. The number of carbonyl (C=O) groups is 2. The first-order valence-corrected chi connectivity index (χ1v) is 9.61. The van der Waals surface area contributed by atoms with E-state index < -0.39 is 17.6 Å². The van der Waals surface area contributed by atoms with Gasteiger partial charge in [0, 0.05) is 42.8 Å². The van der Waals surface area contributed by atoms with Gasteiger partial charge >= 0.3 is 0 Å². The van der Waals surface area contributed by atoms with Crippen LogP contribution in [0, 0.1) is 5.82 Å². The maximum Gasteiger partial charge on any atom is 0.267 e. The Labute approximate surface area is 175 Å². The fourth-order valence-corrected chi connectivity index (χ4v) is 3.13. The van der Waals surface area contributed by atoms with Gasteiger partial charge in [0.05, 0.1) is 5.56 Å². The van der Waals surface area contributed by atoms with Crippen LogP contribution >= 0.6 is 0 Å². The SMILES string of the molecule is CN(C)CCNC(=O)/C(=C/c1cn(C)c2ccccc12)NC(=O)c1ccccc1F. The lowest BCUT2D eigenvalue weighted by Gasteiger charge is -2.13. The van der Waals surface area contributed by atoms with Crippen LogP contribution in [0.2, 0.25) is 0 Å². The van der Waals surface area contributed by atoms with Gasteiger partial charge in [-0.05, 0) is 38.4 Å². The van der Waals surface area contributed by atoms with Crippen molar-refractivity contribution >= 4 is 28.8 Å². The molecule has 7 heteroatoms. The molecule has 1 aromatic heterocycles. The Kier molecular flexibility index (Phi) is 6.64. The normalized spacial score (nSPS) is 11.7. The summed E-state index contributed by atoms with van der Waals surface area (Å²) >= 11 is 0. The van der Waals surface area contributed by atoms with Crippen LogP contribution in [0.3, 0.4) is 0 Å². The van der Waals surface area contributed by atoms with E-state index in [0.717, 1.165) is 16.5 Å². The summed E-state index contributed by atoms with van der Waals surface area (Å²) in [5, 5.41) is 6.32. The zero-order chi connectivity index (χ0) is 21.7. The van der Waals surface area contributed by atoms with Crippen LogP contribution in [-0.4, -0.2) is 48.5 Å².